The molecule has 6 heteroatoms. The Labute approximate surface area is 147 Å². The predicted octanol–water partition coefficient (Wildman–Crippen LogP) is 3.39. The fourth-order valence-electron chi connectivity index (χ4n) is 2.79. The van der Waals surface area contributed by atoms with E-state index in [-0.39, 0.29) is 0 Å². The van der Waals surface area contributed by atoms with Crippen LogP contribution in [0.4, 0.5) is 0 Å². The fraction of sp³-hybridized carbons (Fsp3) is 0.316. The Morgan fingerprint density at radius 1 is 1.16 bits per heavy atom. The lowest BCUT2D eigenvalue weighted by molar-refractivity contribution is 0.416. The van der Waals surface area contributed by atoms with Gasteiger partial charge in [-0.1, -0.05) is 17.3 Å². The van der Waals surface area contributed by atoms with Crippen molar-refractivity contribution in [2.24, 2.45) is 0 Å². The van der Waals surface area contributed by atoms with Gasteiger partial charge in [0.05, 0.1) is 19.0 Å². The lowest BCUT2D eigenvalue weighted by Crippen LogP contribution is -2.00. The first-order chi connectivity index (χ1) is 12.2. The third-order valence-electron chi connectivity index (χ3n) is 4.20. The summed E-state index contributed by atoms with van der Waals surface area (Å²) in [6, 6.07) is 9.65. The summed E-state index contributed by atoms with van der Waals surface area (Å²) in [5, 5.41) is 18.4. The van der Waals surface area contributed by atoms with Crippen LogP contribution in [-0.2, 0) is 13.0 Å². The average Bonchev–Trinajstić information content (AvgIpc) is 3.11. The highest BCUT2D eigenvalue weighted by Gasteiger charge is 2.09. The molecule has 0 atom stereocenters. The summed E-state index contributed by atoms with van der Waals surface area (Å²) in [5.41, 5.74) is 3.37. The van der Waals surface area contributed by atoms with Crippen molar-refractivity contribution in [1.82, 2.24) is 20.0 Å². The molecule has 130 valence electrons. The van der Waals surface area contributed by atoms with Gasteiger partial charge in [-0.15, -0.1) is 5.10 Å². The Morgan fingerprint density at radius 3 is 2.84 bits per heavy atom. The molecule has 0 saturated heterocycles. The zero-order chi connectivity index (χ0) is 17.6. The normalized spacial score (nSPS) is 10.8. The Hall–Kier alpha value is -2.89. The maximum Gasteiger partial charge on any atom is 0.139 e. The number of methoxy groups -OCH3 is 1. The van der Waals surface area contributed by atoms with Gasteiger partial charge in [0.15, 0.2) is 0 Å². The molecule has 0 unspecified atom stereocenters. The largest absolute Gasteiger partial charge is 0.506 e. The van der Waals surface area contributed by atoms with Gasteiger partial charge in [-0.25, -0.2) is 0 Å². The van der Waals surface area contributed by atoms with E-state index in [4.69, 9.17) is 4.74 Å². The first kappa shape index (κ1) is 17.0. The van der Waals surface area contributed by atoms with Crippen molar-refractivity contribution in [3.63, 3.8) is 0 Å². The Balaban J connectivity index is 1.56. The highest BCUT2D eigenvalue weighted by Crippen LogP contribution is 2.27. The number of unbranched alkanes of at least 4 members (excludes halogenated alkanes) is 1. The first-order valence-corrected chi connectivity index (χ1v) is 8.36. The molecule has 1 N–H and O–H groups in total. The molecule has 0 aliphatic heterocycles. The lowest BCUT2D eigenvalue weighted by Gasteiger charge is -2.06. The minimum atomic E-state index is 0.307. The van der Waals surface area contributed by atoms with E-state index < -0.39 is 0 Å². The number of aryl methyl sites for hydroxylation is 3. The number of para-hydroxylation sites is 1. The molecule has 0 spiro atoms. The van der Waals surface area contributed by atoms with Crippen molar-refractivity contribution in [2.45, 2.75) is 32.7 Å². The van der Waals surface area contributed by atoms with E-state index in [1.807, 2.05) is 48.1 Å². The standard InChI is InChI=1S/C19H22N4O2/c1-14-19(24)15(10-11-20-14)7-5-6-12-23-13-17(21-22-23)16-8-3-4-9-18(16)25-2/h3-4,8-11,13,24H,5-7,12H2,1-2H3. The van der Waals surface area contributed by atoms with Gasteiger partial charge in [-0.05, 0) is 49.9 Å². The van der Waals surface area contributed by atoms with Crippen molar-refractivity contribution in [1.29, 1.82) is 0 Å². The number of benzene rings is 1. The SMILES string of the molecule is COc1ccccc1-c1cn(CCCCc2ccnc(C)c2O)nn1. The fourth-order valence-corrected chi connectivity index (χ4v) is 2.79. The zero-order valence-corrected chi connectivity index (χ0v) is 14.5. The highest BCUT2D eigenvalue weighted by atomic mass is 16.5. The van der Waals surface area contributed by atoms with Crippen molar-refractivity contribution in [2.75, 3.05) is 7.11 Å². The van der Waals surface area contributed by atoms with Crippen molar-refractivity contribution in [3.05, 3.63) is 54.0 Å². The van der Waals surface area contributed by atoms with Gasteiger partial charge in [0, 0.05) is 18.3 Å². The average molecular weight is 338 g/mol. The molecule has 0 bridgehead atoms. The van der Waals surface area contributed by atoms with E-state index in [2.05, 4.69) is 15.3 Å². The van der Waals surface area contributed by atoms with E-state index in [1.165, 1.54) is 0 Å². The van der Waals surface area contributed by atoms with Gasteiger partial charge >= 0.3 is 0 Å². The number of nitrogens with zero attached hydrogens (tertiary/aromatic N) is 4. The number of rotatable bonds is 7. The van der Waals surface area contributed by atoms with Crippen LogP contribution in [-0.4, -0.2) is 32.2 Å². The molecule has 0 aliphatic rings. The number of ether oxygens (including phenoxy) is 1. The van der Waals surface area contributed by atoms with E-state index in [1.54, 1.807) is 13.3 Å². The molecule has 3 aromatic rings. The summed E-state index contributed by atoms with van der Waals surface area (Å²) in [6.45, 7) is 2.60. The van der Waals surface area contributed by atoms with Gasteiger partial charge in [0.25, 0.3) is 0 Å². The molecule has 6 nitrogen and oxygen atoms in total. The van der Waals surface area contributed by atoms with Crippen LogP contribution in [0.2, 0.25) is 0 Å². The second-order valence-electron chi connectivity index (χ2n) is 5.93. The van der Waals surface area contributed by atoms with Gasteiger partial charge in [0.2, 0.25) is 0 Å². The molecule has 25 heavy (non-hydrogen) atoms. The monoisotopic (exact) mass is 338 g/mol. The molecule has 1 aromatic carbocycles. The number of pyridine rings is 1. The summed E-state index contributed by atoms with van der Waals surface area (Å²) in [7, 11) is 1.65. The lowest BCUT2D eigenvalue weighted by atomic mass is 10.1. The second-order valence-corrected chi connectivity index (χ2v) is 5.93. The molecule has 0 amide bonds. The molecule has 0 aliphatic carbocycles. The topological polar surface area (TPSA) is 73.1 Å². The summed E-state index contributed by atoms with van der Waals surface area (Å²) >= 11 is 0. The molecule has 3 rings (SSSR count). The minimum Gasteiger partial charge on any atom is -0.506 e. The van der Waals surface area contributed by atoms with E-state index in [9.17, 15) is 5.11 Å². The van der Waals surface area contributed by atoms with Gasteiger partial charge < -0.3 is 9.84 Å². The third kappa shape index (κ3) is 3.96. The van der Waals surface area contributed by atoms with Gasteiger partial charge in [-0.2, -0.15) is 0 Å². The predicted molar refractivity (Wildman–Crippen MR) is 95.6 cm³/mol. The highest BCUT2D eigenvalue weighted by molar-refractivity contribution is 5.65. The smallest absolute Gasteiger partial charge is 0.139 e. The molecule has 0 radical (unpaired) electrons. The van der Waals surface area contributed by atoms with Crippen LogP contribution in [0, 0.1) is 6.92 Å². The van der Waals surface area contributed by atoms with Crippen molar-refractivity contribution >= 4 is 0 Å². The molecule has 2 heterocycles. The van der Waals surface area contributed by atoms with Crippen LogP contribution in [0.1, 0.15) is 24.1 Å². The first-order valence-electron chi connectivity index (χ1n) is 8.36. The van der Waals surface area contributed by atoms with E-state index in [0.29, 0.717) is 11.4 Å². The summed E-state index contributed by atoms with van der Waals surface area (Å²) in [5.74, 6) is 1.10. The number of aromatic nitrogens is 4. The van der Waals surface area contributed by atoms with Crippen LogP contribution in [0.25, 0.3) is 11.3 Å². The van der Waals surface area contributed by atoms with Crippen LogP contribution in [0.15, 0.2) is 42.7 Å². The minimum absolute atomic E-state index is 0.307. The van der Waals surface area contributed by atoms with Gasteiger partial charge in [0.1, 0.15) is 17.2 Å². The molecular weight excluding hydrogens is 316 g/mol. The molecule has 0 fully saturated rings. The second kappa shape index (κ2) is 7.79. The quantitative estimate of drug-likeness (QED) is 0.669. The maximum atomic E-state index is 9.99. The Morgan fingerprint density at radius 2 is 2.00 bits per heavy atom. The van der Waals surface area contributed by atoms with E-state index >= 15 is 0 Å². The molecular formula is C19H22N4O2. The Kier molecular flexibility index (Phi) is 5.28. The van der Waals surface area contributed by atoms with E-state index in [0.717, 1.165) is 48.4 Å². The zero-order valence-electron chi connectivity index (χ0n) is 14.5. The number of hydrogen-bond acceptors (Lipinski definition) is 5. The molecule has 2 aromatic heterocycles. The molecule has 0 saturated carbocycles. The van der Waals surface area contributed by atoms with Crippen LogP contribution in [0.5, 0.6) is 11.5 Å². The summed E-state index contributed by atoms with van der Waals surface area (Å²) in [4.78, 5) is 4.08. The van der Waals surface area contributed by atoms with Crippen molar-refractivity contribution < 1.29 is 9.84 Å². The summed E-state index contributed by atoms with van der Waals surface area (Å²) in [6.07, 6.45) is 6.41. The van der Waals surface area contributed by atoms with Crippen LogP contribution >= 0.6 is 0 Å². The number of hydrogen-bond donors (Lipinski definition) is 1. The summed E-state index contributed by atoms with van der Waals surface area (Å²) < 4.78 is 7.22. The van der Waals surface area contributed by atoms with Crippen LogP contribution in [0.3, 0.4) is 0 Å². The van der Waals surface area contributed by atoms with Crippen LogP contribution < -0.4 is 4.74 Å². The van der Waals surface area contributed by atoms with Crippen molar-refractivity contribution in [3.8, 4) is 22.8 Å². The maximum absolute atomic E-state index is 9.99. The van der Waals surface area contributed by atoms with Gasteiger partial charge in [-0.3, -0.25) is 9.67 Å². The Bertz CT molecular complexity index is 845. The number of aromatic hydroxyl groups is 1. The third-order valence-corrected chi connectivity index (χ3v) is 4.20.